The molecule has 1 aliphatic heterocycles. The highest BCUT2D eigenvalue weighted by molar-refractivity contribution is 5.90. The Labute approximate surface area is 137 Å². The quantitative estimate of drug-likeness (QED) is 0.849. The largest absolute Gasteiger partial charge is 0.376 e. The van der Waals surface area contributed by atoms with E-state index in [0.29, 0.717) is 13.0 Å². The molecule has 6 nitrogen and oxygen atoms in total. The molecule has 1 fully saturated rings. The van der Waals surface area contributed by atoms with Gasteiger partial charge in [0.2, 0.25) is 11.8 Å². The van der Waals surface area contributed by atoms with Gasteiger partial charge in [0.1, 0.15) is 6.04 Å². The van der Waals surface area contributed by atoms with Crippen LogP contribution in [-0.2, 0) is 9.59 Å². The number of hydrogen-bond acceptors (Lipinski definition) is 4. The molecule has 23 heavy (non-hydrogen) atoms. The summed E-state index contributed by atoms with van der Waals surface area (Å²) in [5, 5.41) is 5.69. The van der Waals surface area contributed by atoms with Crippen molar-refractivity contribution in [3.05, 3.63) is 24.3 Å². The van der Waals surface area contributed by atoms with Gasteiger partial charge in [-0.3, -0.25) is 9.59 Å². The predicted molar refractivity (Wildman–Crippen MR) is 92.8 cm³/mol. The van der Waals surface area contributed by atoms with Gasteiger partial charge >= 0.3 is 0 Å². The van der Waals surface area contributed by atoms with E-state index < -0.39 is 6.04 Å². The Hall–Kier alpha value is -2.24. The van der Waals surface area contributed by atoms with E-state index in [9.17, 15) is 9.59 Å². The number of benzene rings is 1. The molecule has 0 aromatic heterocycles. The number of anilines is 2. The number of para-hydroxylation sites is 2. The fraction of sp³-hybridized carbons (Fsp3) is 0.529. The summed E-state index contributed by atoms with van der Waals surface area (Å²) in [5.41, 5.74) is 2.04. The van der Waals surface area contributed by atoms with E-state index >= 15 is 0 Å². The first kappa shape index (κ1) is 17.1. The van der Waals surface area contributed by atoms with E-state index in [1.54, 1.807) is 0 Å². The Balaban J connectivity index is 1.98. The lowest BCUT2D eigenvalue weighted by Crippen LogP contribution is -2.48. The molecule has 1 atom stereocenters. The Bertz CT molecular complexity index is 559. The molecule has 1 heterocycles. The van der Waals surface area contributed by atoms with Crippen molar-refractivity contribution >= 4 is 23.2 Å². The second-order valence-electron chi connectivity index (χ2n) is 6.15. The van der Waals surface area contributed by atoms with Crippen molar-refractivity contribution in [2.75, 3.05) is 44.0 Å². The van der Waals surface area contributed by atoms with Gasteiger partial charge in [-0.05, 0) is 31.4 Å². The van der Waals surface area contributed by atoms with Crippen molar-refractivity contribution in [1.82, 2.24) is 10.6 Å². The fourth-order valence-electron chi connectivity index (χ4n) is 2.78. The average molecular weight is 318 g/mol. The van der Waals surface area contributed by atoms with Crippen molar-refractivity contribution in [3.63, 3.8) is 0 Å². The molecule has 0 unspecified atom stereocenters. The summed E-state index contributed by atoms with van der Waals surface area (Å²) in [4.78, 5) is 28.1. The molecule has 0 aliphatic carbocycles. The highest BCUT2D eigenvalue weighted by Crippen LogP contribution is 2.26. The van der Waals surface area contributed by atoms with Gasteiger partial charge in [0.05, 0.1) is 17.9 Å². The maximum absolute atomic E-state index is 12.3. The van der Waals surface area contributed by atoms with Crippen molar-refractivity contribution < 1.29 is 9.59 Å². The molecule has 0 radical (unpaired) electrons. The zero-order chi connectivity index (χ0) is 16.8. The third-order valence-corrected chi connectivity index (χ3v) is 4.03. The summed E-state index contributed by atoms with van der Waals surface area (Å²) in [7, 11) is 5.83. The summed E-state index contributed by atoms with van der Waals surface area (Å²) >= 11 is 0. The maximum Gasteiger partial charge on any atom is 0.242 e. The molecule has 2 amide bonds. The normalized spacial score (nSPS) is 17.9. The lowest BCUT2D eigenvalue weighted by atomic mass is 10.1. The van der Waals surface area contributed by atoms with Crippen LogP contribution >= 0.6 is 0 Å². The summed E-state index contributed by atoms with van der Waals surface area (Å²) in [5.74, 6) is -0.213. The second kappa shape index (κ2) is 7.85. The minimum Gasteiger partial charge on any atom is -0.376 e. The van der Waals surface area contributed by atoms with Crippen LogP contribution in [0, 0.1) is 0 Å². The van der Waals surface area contributed by atoms with Crippen molar-refractivity contribution in [3.8, 4) is 0 Å². The minimum atomic E-state index is -0.414. The topological polar surface area (TPSA) is 64.7 Å². The first-order valence-electron chi connectivity index (χ1n) is 8.03. The summed E-state index contributed by atoms with van der Waals surface area (Å²) in [6, 6.07) is 7.52. The van der Waals surface area contributed by atoms with Gasteiger partial charge < -0.3 is 20.4 Å². The minimum absolute atomic E-state index is 0.0767. The van der Waals surface area contributed by atoms with Crippen molar-refractivity contribution in [1.29, 1.82) is 0 Å². The standard InChI is InChI=1S/C17H26N4O2/c1-20(2)14-9-4-5-10-15(14)21(3)12-16(22)19-13-8-6-7-11-18-17(13)23/h4-5,9-10,13H,6-8,11-12H2,1-3H3,(H,18,23)(H,19,22)/t13-/m0/s1. The van der Waals surface area contributed by atoms with Crippen molar-refractivity contribution in [2.24, 2.45) is 0 Å². The molecule has 0 bridgehead atoms. The molecule has 2 N–H and O–H groups in total. The number of carbonyl (C=O) groups excluding carboxylic acids is 2. The van der Waals surface area contributed by atoms with Crippen LogP contribution in [0.5, 0.6) is 0 Å². The van der Waals surface area contributed by atoms with E-state index in [0.717, 1.165) is 24.2 Å². The van der Waals surface area contributed by atoms with Crippen LogP contribution < -0.4 is 20.4 Å². The van der Waals surface area contributed by atoms with Gasteiger partial charge in [0.15, 0.2) is 0 Å². The molecule has 0 saturated carbocycles. The van der Waals surface area contributed by atoms with Gasteiger partial charge in [-0.1, -0.05) is 12.1 Å². The number of rotatable bonds is 5. The summed E-state index contributed by atoms with van der Waals surface area (Å²) in [6.45, 7) is 0.913. The Morgan fingerprint density at radius 3 is 2.61 bits per heavy atom. The van der Waals surface area contributed by atoms with Crippen molar-refractivity contribution in [2.45, 2.75) is 25.3 Å². The van der Waals surface area contributed by atoms with E-state index in [1.807, 2.05) is 55.2 Å². The third kappa shape index (κ3) is 4.61. The lowest BCUT2D eigenvalue weighted by Gasteiger charge is -2.26. The van der Waals surface area contributed by atoms with Gasteiger partial charge in [0.25, 0.3) is 0 Å². The van der Waals surface area contributed by atoms with E-state index in [2.05, 4.69) is 10.6 Å². The van der Waals surface area contributed by atoms with Crippen LogP contribution in [0.15, 0.2) is 24.3 Å². The summed E-state index contributed by atoms with van der Waals surface area (Å²) < 4.78 is 0. The molecule has 1 saturated heterocycles. The first-order chi connectivity index (χ1) is 11.0. The highest BCUT2D eigenvalue weighted by atomic mass is 16.2. The monoisotopic (exact) mass is 318 g/mol. The van der Waals surface area contributed by atoms with E-state index in [-0.39, 0.29) is 18.4 Å². The predicted octanol–water partition coefficient (Wildman–Crippen LogP) is 0.974. The van der Waals surface area contributed by atoms with Gasteiger partial charge in [-0.15, -0.1) is 0 Å². The van der Waals surface area contributed by atoms with Crippen LogP contribution in [-0.4, -0.2) is 52.1 Å². The highest BCUT2D eigenvalue weighted by Gasteiger charge is 2.23. The zero-order valence-corrected chi connectivity index (χ0v) is 14.1. The Kier molecular flexibility index (Phi) is 5.84. The van der Waals surface area contributed by atoms with E-state index in [1.165, 1.54) is 0 Å². The molecular formula is C17H26N4O2. The molecule has 2 rings (SSSR count). The van der Waals surface area contributed by atoms with Gasteiger partial charge in [0, 0.05) is 27.7 Å². The lowest BCUT2D eigenvalue weighted by molar-refractivity contribution is -0.128. The third-order valence-electron chi connectivity index (χ3n) is 4.03. The van der Waals surface area contributed by atoms with Crippen LogP contribution in [0.2, 0.25) is 0 Å². The van der Waals surface area contributed by atoms with Crippen LogP contribution in [0.3, 0.4) is 0 Å². The van der Waals surface area contributed by atoms with E-state index in [4.69, 9.17) is 0 Å². The average Bonchev–Trinajstić information content (AvgIpc) is 2.72. The molecule has 6 heteroatoms. The molecule has 1 aromatic carbocycles. The maximum atomic E-state index is 12.3. The first-order valence-corrected chi connectivity index (χ1v) is 8.03. The molecule has 126 valence electrons. The van der Waals surface area contributed by atoms with Crippen LogP contribution in [0.25, 0.3) is 0 Å². The molecule has 1 aliphatic rings. The Morgan fingerprint density at radius 1 is 1.22 bits per heavy atom. The number of hydrogen-bond donors (Lipinski definition) is 2. The number of nitrogens with one attached hydrogen (secondary N) is 2. The zero-order valence-electron chi connectivity index (χ0n) is 14.1. The van der Waals surface area contributed by atoms with Gasteiger partial charge in [-0.2, -0.15) is 0 Å². The van der Waals surface area contributed by atoms with Crippen LogP contribution in [0.1, 0.15) is 19.3 Å². The smallest absolute Gasteiger partial charge is 0.242 e. The SMILES string of the molecule is CN(C)c1ccccc1N(C)CC(=O)N[C@H]1CCCCNC1=O. The van der Waals surface area contributed by atoms with Crippen LogP contribution in [0.4, 0.5) is 11.4 Å². The number of nitrogens with zero attached hydrogens (tertiary/aromatic N) is 2. The second-order valence-corrected chi connectivity index (χ2v) is 6.15. The Morgan fingerprint density at radius 2 is 1.91 bits per heavy atom. The summed E-state index contributed by atoms with van der Waals surface area (Å²) in [6.07, 6.45) is 2.62. The molecule has 0 spiro atoms. The van der Waals surface area contributed by atoms with Gasteiger partial charge in [-0.25, -0.2) is 0 Å². The molecule has 1 aromatic rings. The number of carbonyl (C=O) groups is 2. The number of amides is 2. The number of likely N-dealkylation sites (N-methyl/N-ethyl adjacent to an activating group) is 1. The fourth-order valence-corrected chi connectivity index (χ4v) is 2.78. The molecular weight excluding hydrogens is 292 g/mol.